The molecule has 0 spiro atoms. The van der Waals surface area contributed by atoms with Crippen molar-refractivity contribution in [3.63, 3.8) is 0 Å². The first-order valence-electron chi connectivity index (χ1n) is 4.25. The maximum atomic E-state index is 10.4. The molecule has 1 rings (SSSR count). The minimum Gasteiger partial charge on any atom is -0.478 e. The predicted molar refractivity (Wildman–Crippen MR) is 43.0 cm³/mol. The highest BCUT2D eigenvalue weighted by Gasteiger charge is 1.98. The van der Waals surface area contributed by atoms with E-state index in [9.17, 15) is 4.79 Å². The van der Waals surface area contributed by atoms with Crippen molar-refractivity contribution in [1.29, 1.82) is 3.70 Å². The first kappa shape index (κ1) is 3.93. The van der Waals surface area contributed by atoms with Crippen molar-refractivity contribution in [1.82, 2.24) is 0 Å². The molecule has 0 unspecified atom stereocenters. The molecular formula is C7H8O2Si. The van der Waals surface area contributed by atoms with Gasteiger partial charge in [0.1, 0.15) is 0 Å². The highest BCUT2D eigenvalue weighted by atomic mass is 28.1. The van der Waals surface area contributed by atoms with Gasteiger partial charge in [-0.1, -0.05) is 17.3 Å². The van der Waals surface area contributed by atoms with Crippen LogP contribution in [0.4, 0.5) is 0 Å². The second-order valence-electron chi connectivity index (χ2n) is 1.88. The average molecular weight is 158 g/mol. The largest absolute Gasteiger partial charge is 0.478 e. The summed E-state index contributed by atoms with van der Waals surface area (Å²) >= 11 is 0. The molecule has 0 heterocycles. The molecule has 1 aromatic carbocycles. The number of aromatic carboxylic acids is 1. The van der Waals surface area contributed by atoms with Crippen LogP contribution in [0, 0.1) is 0 Å². The normalized spacial score (nSPS) is 15.0. The van der Waals surface area contributed by atoms with Crippen molar-refractivity contribution in [3.8, 4) is 0 Å². The maximum Gasteiger partial charge on any atom is 0.335 e. The van der Waals surface area contributed by atoms with Crippen molar-refractivity contribution < 1.29 is 9.90 Å². The van der Waals surface area contributed by atoms with Gasteiger partial charge in [0.05, 0.1) is 5.56 Å². The third kappa shape index (κ3) is 1.45. The lowest BCUT2D eigenvalue weighted by Gasteiger charge is -1.92. The fourth-order valence-electron chi connectivity index (χ4n) is 0.613. The van der Waals surface area contributed by atoms with Crippen molar-refractivity contribution in [3.05, 3.63) is 29.8 Å². The lowest BCUT2D eigenvalue weighted by atomic mass is 10.2. The van der Waals surface area contributed by atoms with Crippen LogP contribution < -0.4 is 5.19 Å². The smallest absolute Gasteiger partial charge is 0.335 e. The van der Waals surface area contributed by atoms with E-state index in [4.69, 9.17) is 8.81 Å². The third-order valence-electron chi connectivity index (χ3n) is 1.13. The van der Waals surface area contributed by atoms with E-state index in [-0.39, 0.29) is 10.8 Å². The van der Waals surface area contributed by atoms with Crippen LogP contribution in [-0.2, 0) is 0 Å². The summed E-state index contributed by atoms with van der Waals surface area (Å²) < 4.78 is 21.5. The Hall–Kier alpha value is -1.09. The Morgan fingerprint density at radius 1 is 1.50 bits per heavy atom. The van der Waals surface area contributed by atoms with Gasteiger partial charge in [0.25, 0.3) is 0 Å². The standard InChI is InChI=1S/C7H8O2Si/c8-7(9)5-1-3-6(10)4-2-5/h1-4H,10H3,(H,8,9)/i10T3. The molecule has 0 bridgehead atoms. The maximum absolute atomic E-state index is 10.4. The summed E-state index contributed by atoms with van der Waals surface area (Å²) in [4.78, 5) is 10.4. The SMILES string of the molecule is [3H][Si]([3H])([3H])c1ccc(C(=O)O)cc1. The first-order chi connectivity index (χ1) is 5.91. The number of carboxylic acids is 1. The lowest BCUT2D eigenvalue weighted by molar-refractivity contribution is 0.0697. The van der Waals surface area contributed by atoms with E-state index in [0.717, 1.165) is 0 Å². The number of benzene rings is 1. The van der Waals surface area contributed by atoms with Crippen LogP contribution in [0.3, 0.4) is 0 Å². The summed E-state index contributed by atoms with van der Waals surface area (Å²) in [5, 5.41) is 8.84. The molecule has 0 aromatic heterocycles. The fourth-order valence-corrected chi connectivity index (χ4v) is 0.779. The molecule has 0 fully saturated rings. The molecule has 2 nitrogen and oxygen atoms in total. The summed E-state index contributed by atoms with van der Waals surface area (Å²) in [6.07, 6.45) is 0. The van der Waals surface area contributed by atoms with Crippen molar-refractivity contribution in [2.45, 2.75) is 0 Å². The Balaban J connectivity index is 3.01. The zero-order chi connectivity index (χ0) is 10.1. The highest BCUT2D eigenvalue weighted by molar-refractivity contribution is 6.32. The molecule has 1 aromatic rings. The molecule has 0 saturated carbocycles. The van der Waals surface area contributed by atoms with Crippen LogP contribution in [-0.4, -0.2) is 24.8 Å². The summed E-state index contributed by atoms with van der Waals surface area (Å²) in [5.74, 6) is -1.04. The molecule has 0 saturated heterocycles. The molecule has 0 aliphatic heterocycles. The van der Waals surface area contributed by atoms with Gasteiger partial charge in [0.15, 0.2) is 0 Å². The molecule has 3 heteroatoms. The minimum absolute atomic E-state index is 0.113. The Kier molecular flexibility index (Phi) is 1.04. The zero-order valence-corrected chi connectivity index (χ0v) is 6.16. The quantitative estimate of drug-likeness (QED) is 0.582. The van der Waals surface area contributed by atoms with Crippen molar-refractivity contribution >= 4 is 21.2 Å². The second-order valence-corrected chi connectivity index (χ2v) is 2.46. The molecule has 0 atom stereocenters. The zero-order valence-electron chi connectivity index (χ0n) is 8.16. The number of rotatable bonds is 2. The lowest BCUT2D eigenvalue weighted by Crippen LogP contribution is -2.03. The Labute approximate surface area is 65.6 Å². The van der Waals surface area contributed by atoms with Gasteiger partial charge in [0, 0.05) is 13.7 Å². The van der Waals surface area contributed by atoms with Gasteiger partial charge in [-0.25, -0.2) is 4.79 Å². The number of carbonyl (C=O) groups is 1. The van der Waals surface area contributed by atoms with Gasteiger partial charge < -0.3 is 5.11 Å². The molecule has 0 aliphatic carbocycles. The molecule has 0 amide bonds. The highest BCUT2D eigenvalue weighted by Crippen LogP contribution is 1.94. The molecular weight excluding hydrogens is 144 g/mol. The van der Waals surface area contributed by atoms with E-state index in [1.54, 1.807) is 0 Å². The minimum atomic E-state index is -3.53. The Morgan fingerprint density at radius 3 is 2.50 bits per heavy atom. The number of hydrogen-bond acceptors (Lipinski definition) is 1. The first-order valence-corrected chi connectivity index (χ1v) is 3.25. The Bertz CT molecular complexity index is 318. The van der Waals surface area contributed by atoms with Gasteiger partial charge in [-0.2, -0.15) is 0 Å². The summed E-state index contributed by atoms with van der Waals surface area (Å²) in [5.41, 5.74) is 0.113. The van der Waals surface area contributed by atoms with E-state index >= 15 is 0 Å². The van der Waals surface area contributed by atoms with Crippen LogP contribution in [0.1, 0.15) is 10.4 Å². The van der Waals surface area contributed by atoms with Gasteiger partial charge in [0.2, 0.25) is 0 Å². The van der Waals surface area contributed by atoms with Crippen LogP contribution in [0.2, 0.25) is 0 Å². The summed E-state index contributed by atoms with van der Waals surface area (Å²) in [6.45, 7) is 0. The van der Waals surface area contributed by atoms with Gasteiger partial charge >= 0.3 is 5.97 Å². The Morgan fingerprint density at radius 2 is 2.10 bits per heavy atom. The molecule has 10 heavy (non-hydrogen) atoms. The van der Waals surface area contributed by atoms with E-state index in [2.05, 4.69) is 0 Å². The van der Waals surface area contributed by atoms with Gasteiger partial charge in [-0.15, -0.1) is 0 Å². The van der Waals surface area contributed by atoms with Crippen LogP contribution >= 0.6 is 0 Å². The fraction of sp³-hybridized carbons (Fsp3) is 0. The number of carboxylic acid groups (broad SMARTS) is 1. The van der Waals surface area contributed by atoms with Gasteiger partial charge in [-0.05, 0) is 12.1 Å². The van der Waals surface area contributed by atoms with Crippen molar-refractivity contribution in [2.75, 3.05) is 0 Å². The van der Waals surface area contributed by atoms with E-state index < -0.39 is 16.0 Å². The molecule has 0 aliphatic rings. The molecule has 1 N–H and O–H groups in total. The average Bonchev–Trinajstić information content (AvgIpc) is 2.03. The monoisotopic (exact) mass is 158 g/mol. The van der Waals surface area contributed by atoms with E-state index in [1.807, 2.05) is 0 Å². The molecule has 0 radical (unpaired) electrons. The second kappa shape index (κ2) is 2.66. The molecule has 52 valence electrons. The predicted octanol–water partition coefficient (Wildman–Crippen LogP) is -0.625. The van der Waals surface area contributed by atoms with Crippen LogP contribution in [0.5, 0.6) is 0 Å². The summed E-state index contributed by atoms with van der Waals surface area (Å²) in [7, 11) is -3.53. The summed E-state index contributed by atoms with van der Waals surface area (Å²) in [6, 6.07) is 5.36. The topological polar surface area (TPSA) is 37.3 Å². The van der Waals surface area contributed by atoms with E-state index in [0.29, 0.717) is 0 Å². The van der Waals surface area contributed by atoms with E-state index in [1.165, 1.54) is 24.3 Å². The third-order valence-corrected chi connectivity index (χ3v) is 1.47. The van der Waals surface area contributed by atoms with Crippen molar-refractivity contribution in [2.24, 2.45) is 0 Å². The number of hydrogen-bond donors (Lipinski definition) is 1. The van der Waals surface area contributed by atoms with Crippen LogP contribution in [0.15, 0.2) is 24.3 Å². The van der Waals surface area contributed by atoms with Gasteiger partial charge in [-0.3, -0.25) is 0 Å². The van der Waals surface area contributed by atoms with Crippen LogP contribution in [0.25, 0.3) is 0 Å².